The van der Waals surface area contributed by atoms with E-state index in [9.17, 15) is 5.11 Å². The summed E-state index contributed by atoms with van der Waals surface area (Å²) < 4.78 is 15.1. The molecule has 4 heteroatoms. The average Bonchev–Trinajstić information content (AvgIpc) is 2.36. The Bertz CT molecular complexity index is 362. The van der Waals surface area contributed by atoms with Gasteiger partial charge in [0.2, 0.25) is 0 Å². The van der Waals surface area contributed by atoms with Gasteiger partial charge in [-0.2, -0.15) is 0 Å². The third-order valence-corrected chi connectivity index (χ3v) is 2.30. The minimum atomic E-state index is -0.699. The molecule has 1 rings (SSSR count). The first-order valence-corrected chi connectivity index (χ1v) is 5.29. The van der Waals surface area contributed by atoms with E-state index in [0.29, 0.717) is 17.9 Å². The molecule has 0 saturated heterocycles. The first kappa shape index (κ1) is 13.5. The smallest absolute Gasteiger partial charge is 0.188 e. The quantitative estimate of drug-likeness (QED) is 0.584. The van der Waals surface area contributed by atoms with E-state index in [-0.39, 0.29) is 6.79 Å². The average molecular weight is 238 g/mol. The minimum absolute atomic E-state index is 0.136. The van der Waals surface area contributed by atoms with E-state index >= 15 is 0 Å². The highest BCUT2D eigenvalue weighted by Crippen LogP contribution is 2.28. The normalized spacial score (nSPS) is 11.9. The van der Waals surface area contributed by atoms with E-state index in [1.54, 1.807) is 13.2 Å². The lowest BCUT2D eigenvalue weighted by molar-refractivity contribution is -0.00367. The monoisotopic (exact) mass is 238 g/mol. The van der Waals surface area contributed by atoms with Gasteiger partial charge < -0.3 is 19.3 Å². The molecule has 17 heavy (non-hydrogen) atoms. The third-order valence-electron chi connectivity index (χ3n) is 2.30. The summed E-state index contributed by atoms with van der Waals surface area (Å²) in [5, 5.41) is 10.0. The zero-order valence-corrected chi connectivity index (χ0v) is 10.2. The topological polar surface area (TPSA) is 47.9 Å². The van der Waals surface area contributed by atoms with Gasteiger partial charge in [-0.1, -0.05) is 24.8 Å². The van der Waals surface area contributed by atoms with Crippen molar-refractivity contribution in [1.82, 2.24) is 0 Å². The second-order valence-electron chi connectivity index (χ2n) is 3.55. The SMILES string of the molecule is C=C(CC(O)c1ccccc1OC)OCOC. The molecule has 0 aliphatic heterocycles. The fourth-order valence-corrected chi connectivity index (χ4v) is 1.47. The summed E-state index contributed by atoms with van der Waals surface area (Å²) in [7, 11) is 3.10. The number of hydrogen-bond acceptors (Lipinski definition) is 4. The van der Waals surface area contributed by atoms with E-state index in [2.05, 4.69) is 6.58 Å². The lowest BCUT2D eigenvalue weighted by Gasteiger charge is -2.16. The molecular weight excluding hydrogens is 220 g/mol. The zero-order valence-electron chi connectivity index (χ0n) is 10.2. The van der Waals surface area contributed by atoms with Gasteiger partial charge in [0.05, 0.1) is 19.0 Å². The van der Waals surface area contributed by atoms with Crippen molar-refractivity contribution in [2.24, 2.45) is 0 Å². The molecule has 0 spiro atoms. The van der Waals surface area contributed by atoms with Crippen LogP contribution in [0.25, 0.3) is 0 Å². The Labute approximate surface area is 101 Å². The molecule has 1 atom stereocenters. The predicted octanol–water partition coefficient (Wildman–Crippen LogP) is 2.25. The van der Waals surface area contributed by atoms with Crippen molar-refractivity contribution >= 4 is 0 Å². The van der Waals surface area contributed by atoms with Gasteiger partial charge in [0.25, 0.3) is 0 Å². The summed E-state index contributed by atoms with van der Waals surface area (Å²) in [5.74, 6) is 1.13. The number of rotatable bonds is 7. The minimum Gasteiger partial charge on any atom is -0.496 e. The molecule has 0 bridgehead atoms. The van der Waals surface area contributed by atoms with E-state index in [1.165, 1.54) is 7.11 Å². The lowest BCUT2D eigenvalue weighted by atomic mass is 10.0. The van der Waals surface area contributed by atoms with Gasteiger partial charge in [0, 0.05) is 19.1 Å². The number of aliphatic hydroxyl groups is 1. The van der Waals surface area contributed by atoms with Crippen LogP contribution in [0.3, 0.4) is 0 Å². The van der Waals surface area contributed by atoms with E-state index in [4.69, 9.17) is 14.2 Å². The maximum atomic E-state index is 10.0. The second-order valence-corrected chi connectivity index (χ2v) is 3.55. The first-order chi connectivity index (χ1) is 8.19. The van der Waals surface area contributed by atoms with Gasteiger partial charge in [0.15, 0.2) is 6.79 Å². The van der Waals surface area contributed by atoms with Crippen LogP contribution in [0.4, 0.5) is 0 Å². The van der Waals surface area contributed by atoms with Crippen molar-refractivity contribution in [3.8, 4) is 5.75 Å². The molecule has 1 N–H and O–H groups in total. The van der Waals surface area contributed by atoms with Crippen LogP contribution in [0.2, 0.25) is 0 Å². The third kappa shape index (κ3) is 4.09. The molecule has 94 valence electrons. The molecule has 0 saturated carbocycles. The van der Waals surface area contributed by atoms with E-state index in [1.807, 2.05) is 18.2 Å². The van der Waals surface area contributed by atoms with Gasteiger partial charge in [0.1, 0.15) is 5.75 Å². The van der Waals surface area contributed by atoms with Crippen molar-refractivity contribution in [2.45, 2.75) is 12.5 Å². The van der Waals surface area contributed by atoms with Crippen LogP contribution < -0.4 is 4.74 Å². The van der Waals surface area contributed by atoms with Gasteiger partial charge in [-0.3, -0.25) is 0 Å². The molecule has 1 unspecified atom stereocenters. The Balaban J connectivity index is 2.62. The van der Waals surface area contributed by atoms with E-state index < -0.39 is 6.10 Å². The number of ether oxygens (including phenoxy) is 3. The standard InChI is InChI=1S/C13H18O4/c1-10(17-9-15-2)8-12(14)11-6-4-5-7-13(11)16-3/h4-7,12,14H,1,8-9H2,2-3H3. The highest BCUT2D eigenvalue weighted by Gasteiger charge is 2.14. The molecule has 1 aromatic rings. The fourth-order valence-electron chi connectivity index (χ4n) is 1.47. The predicted molar refractivity (Wildman–Crippen MR) is 64.7 cm³/mol. The number of methoxy groups -OCH3 is 2. The summed E-state index contributed by atoms with van der Waals surface area (Å²) in [6, 6.07) is 7.32. The van der Waals surface area contributed by atoms with Crippen molar-refractivity contribution in [3.05, 3.63) is 42.2 Å². The summed E-state index contributed by atoms with van der Waals surface area (Å²) in [6.45, 7) is 3.85. The summed E-state index contributed by atoms with van der Waals surface area (Å²) in [5.41, 5.74) is 0.720. The lowest BCUT2D eigenvalue weighted by Crippen LogP contribution is -2.04. The number of benzene rings is 1. The Hall–Kier alpha value is -1.52. The molecule has 0 aromatic heterocycles. The van der Waals surface area contributed by atoms with Crippen LogP contribution in [0.15, 0.2) is 36.6 Å². The van der Waals surface area contributed by atoms with Crippen molar-refractivity contribution < 1.29 is 19.3 Å². The first-order valence-electron chi connectivity index (χ1n) is 5.29. The molecule has 1 aromatic carbocycles. The fraction of sp³-hybridized carbons (Fsp3) is 0.385. The van der Waals surface area contributed by atoms with Gasteiger partial charge >= 0.3 is 0 Å². The van der Waals surface area contributed by atoms with Crippen molar-refractivity contribution in [1.29, 1.82) is 0 Å². The molecule has 0 aliphatic rings. The maximum absolute atomic E-state index is 10.0. The molecule has 0 radical (unpaired) electrons. The largest absolute Gasteiger partial charge is 0.496 e. The number of aliphatic hydroxyl groups excluding tert-OH is 1. The van der Waals surface area contributed by atoms with Crippen molar-refractivity contribution in [3.63, 3.8) is 0 Å². The Morgan fingerprint density at radius 3 is 2.71 bits per heavy atom. The molecule has 0 aliphatic carbocycles. The van der Waals surface area contributed by atoms with Gasteiger partial charge in [-0.05, 0) is 6.07 Å². The van der Waals surface area contributed by atoms with Crippen LogP contribution in [0.1, 0.15) is 18.1 Å². The summed E-state index contributed by atoms with van der Waals surface area (Å²) in [6.07, 6.45) is -0.389. The Morgan fingerprint density at radius 1 is 1.35 bits per heavy atom. The van der Waals surface area contributed by atoms with Crippen LogP contribution in [0.5, 0.6) is 5.75 Å². The Morgan fingerprint density at radius 2 is 2.06 bits per heavy atom. The molecule has 0 heterocycles. The highest BCUT2D eigenvalue weighted by atomic mass is 16.7. The molecule has 0 fully saturated rings. The number of para-hydroxylation sites is 1. The number of hydrogen-bond donors (Lipinski definition) is 1. The summed E-state index contributed by atoms with van der Waals surface area (Å²) >= 11 is 0. The molecule has 0 amide bonds. The van der Waals surface area contributed by atoms with Crippen LogP contribution in [-0.2, 0) is 9.47 Å². The van der Waals surface area contributed by atoms with Gasteiger partial charge in [-0.15, -0.1) is 0 Å². The second kappa shape index (κ2) is 6.93. The van der Waals surface area contributed by atoms with Crippen LogP contribution in [-0.4, -0.2) is 26.1 Å². The van der Waals surface area contributed by atoms with E-state index in [0.717, 1.165) is 5.56 Å². The molecule has 4 nitrogen and oxygen atoms in total. The van der Waals surface area contributed by atoms with Crippen LogP contribution >= 0.6 is 0 Å². The van der Waals surface area contributed by atoms with Crippen molar-refractivity contribution in [2.75, 3.05) is 21.0 Å². The highest BCUT2D eigenvalue weighted by molar-refractivity contribution is 5.35. The molecular formula is C13H18O4. The van der Waals surface area contributed by atoms with Gasteiger partial charge in [-0.25, -0.2) is 0 Å². The maximum Gasteiger partial charge on any atom is 0.188 e. The van der Waals surface area contributed by atoms with Crippen LogP contribution in [0, 0.1) is 0 Å². The zero-order chi connectivity index (χ0) is 12.7. The Kier molecular flexibility index (Phi) is 5.52. The summed E-state index contributed by atoms with van der Waals surface area (Å²) in [4.78, 5) is 0.